The highest BCUT2D eigenvalue weighted by molar-refractivity contribution is 7.09. The van der Waals surface area contributed by atoms with Gasteiger partial charge in [-0.2, -0.15) is 18.3 Å². The SMILES string of the molecule is O=C(Cn1ccc(C(F)(F)F)n1)NCCc1nc(C(=O)O)cs1. The molecule has 0 aliphatic rings. The van der Waals surface area contributed by atoms with Gasteiger partial charge in [-0.1, -0.05) is 0 Å². The fraction of sp³-hybridized carbons (Fsp3) is 0.333. The summed E-state index contributed by atoms with van der Waals surface area (Å²) in [4.78, 5) is 26.1. The number of halogens is 3. The van der Waals surface area contributed by atoms with E-state index in [4.69, 9.17) is 5.11 Å². The van der Waals surface area contributed by atoms with Crippen LogP contribution < -0.4 is 5.32 Å². The number of carbonyl (C=O) groups is 2. The molecule has 11 heteroatoms. The second-order valence-electron chi connectivity index (χ2n) is 4.43. The van der Waals surface area contributed by atoms with Crippen LogP contribution in [0.4, 0.5) is 13.2 Å². The number of carboxylic acid groups (broad SMARTS) is 1. The zero-order chi connectivity index (χ0) is 17.0. The van der Waals surface area contributed by atoms with E-state index in [1.54, 1.807) is 0 Å². The molecule has 0 radical (unpaired) electrons. The monoisotopic (exact) mass is 348 g/mol. The molecule has 0 saturated carbocycles. The Kier molecular flexibility index (Phi) is 4.98. The fourth-order valence-corrected chi connectivity index (χ4v) is 2.41. The molecule has 0 aromatic carbocycles. The number of amides is 1. The van der Waals surface area contributed by atoms with Crippen molar-refractivity contribution in [3.63, 3.8) is 0 Å². The summed E-state index contributed by atoms with van der Waals surface area (Å²) in [6.07, 6.45) is -3.15. The Labute approximate surface area is 131 Å². The maximum atomic E-state index is 12.4. The van der Waals surface area contributed by atoms with Gasteiger partial charge in [-0.25, -0.2) is 9.78 Å². The largest absolute Gasteiger partial charge is 0.476 e. The van der Waals surface area contributed by atoms with Crippen LogP contribution in [-0.2, 0) is 23.9 Å². The average Bonchev–Trinajstić information content (AvgIpc) is 3.07. The standard InChI is InChI=1S/C12H11F3N4O3S/c13-12(14,15)8-2-4-19(18-8)5-9(20)16-3-1-10-17-7(6-23-10)11(21)22/h2,4,6H,1,3,5H2,(H,16,20)(H,21,22). The Bertz CT molecular complexity index is 710. The van der Waals surface area contributed by atoms with Gasteiger partial charge in [0.15, 0.2) is 11.4 Å². The number of aromatic nitrogens is 3. The zero-order valence-electron chi connectivity index (χ0n) is 11.5. The first-order valence-corrected chi connectivity index (χ1v) is 7.18. The van der Waals surface area contributed by atoms with Crippen molar-refractivity contribution in [1.29, 1.82) is 0 Å². The van der Waals surface area contributed by atoms with Crippen LogP contribution in [-0.4, -0.2) is 38.3 Å². The molecule has 0 aliphatic carbocycles. The van der Waals surface area contributed by atoms with Crippen LogP contribution in [0, 0.1) is 0 Å². The molecule has 0 spiro atoms. The van der Waals surface area contributed by atoms with Gasteiger partial charge in [-0.3, -0.25) is 9.48 Å². The minimum absolute atomic E-state index is 0.0625. The summed E-state index contributed by atoms with van der Waals surface area (Å²) < 4.78 is 38.0. The quantitative estimate of drug-likeness (QED) is 0.823. The van der Waals surface area contributed by atoms with Gasteiger partial charge in [0.05, 0.1) is 5.01 Å². The van der Waals surface area contributed by atoms with E-state index in [9.17, 15) is 22.8 Å². The highest BCUT2D eigenvalue weighted by Crippen LogP contribution is 2.27. The van der Waals surface area contributed by atoms with Crippen LogP contribution in [0.1, 0.15) is 21.2 Å². The Morgan fingerprint density at radius 1 is 1.39 bits per heavy atom. The molecule has 2 aromatic rings. The molecule has 0 unspecified atom stereocenters. The lowest BCUT2D eigenvalue weighted by Gasteiger charge is -2.04. The normalized spacial score (nSPS) is 11.4. The van der Waals surface area contributed by atoms with E-state index in [0.29, 0.717) is 11.4 Å². The Hall–Kier alpha value is -2.43. The summed E-state index contributed by atoms with van der Waals surface area (Å²) in [7, 11) is 0. The lowest BCUT2D eigenvalue weighted by atomic mass is 10.4. The number of hydrogen-bond acceptors (Lipinski definition) is 5. The first kappa shape index (κ1) is 16.9. The number of aromatic carboxylic acids is 1. The zero-order valence-corrected chi connectivity index (χ0v) is 12.3. The van der Waals surface area contributed by atoms with Crippen molar-refractivity contribution >= 4 is 23.2 Å². The molecule has 0 fully saturated rings. The maximum absolute atomic E-state index is 12.4. The van der Waals surface area contributed by atoms with Crippen LogP contribution in [0.2, 0.25) is 0 Å². The first-order valence-electron chi connectivity index (χ1n) is 6.31. The van der Waals surface area contributed by atoms with Crippen molar-refractivity contribution in [3.05, 3.63) is 34.0 Å². The van der Waals surface area contributed by atoms with E-state index < -0.39 is 23.7 Å². The molecule has 2 heterocycles. The molecule has 1 amide bonds. The van der Waals surface area contributed by atoms with Crippen molar-refractivity contribution in [3.8, 4) is 0 Å². The molecule has 0 aliphatic heterocycles. The van der Waals surface area contributed by atoms with Crippen LogP contribution in [0.25, 0.3) is 0 Å². The maximum Gasteiger partial charge on any atom is 0.435 e. The van der Waals surface area contributed by atoms with Gasteiger partial charge in [0.1, 0.15) is 6.54 Å². The number of alkyl halides is 3. The predicted molar refractivity (Wildman–Crippen MR) is 73.0 cm³/mol. The molecule has 0 bridgehead atoms. The molecule has 7 nitrogen and oxygen atoms in total. The highest BCUT2D eigenvalue weighted by atomic mass is 32.1. The third-order valence-corrected chi connectivity index (χ3v) is 3.58. The van der Waals surface area contributed by atoms with Crippen LogP contribution in [0.3, 0.4) is 0 Å². The van der Waals surface area contributed by atoms with E-state index in [2.05, 4.69) is 15.4 Å². The van der Waals surface area contributed by atoms with E-state index in [-0.39, 0.29) is 18.8 Å². The summed E-state index contributed by atoms with van der Waals surface area (Å²) in [5.41, 5.74) is -1.12. The van der Waals surface area contributed by atoms with Crippen molar-refractivity contribution in [2.45, 2.75) is 19.1 Å². The van der Waals surface area contributed by atoms with Crippen molar-refractivity contribution in [1.82, 2.24) is 20.1 Å². The Morgan fingerprint density at radius 3 is 2.70 bits per heavy atom. The molecule has 2 aromatic heterocycles. The van der Waals surface area contributed by atoms with Gasteiger partial charge in [-0.05, 0) is 6.07 Å². The molecule has 124 valence electrons. The third kappa shape index (κ3) is 4.77. The smallest absolute Gasteiger partial charge is 0.435 e. The highest BCUT2D eigenvalue weighted by Gasteiger charge is 2.33. The lowest BCUT2D eigenvalue weighted by molar-refractivity contribution is -0.141. The summed E-state index contributed by atoms with van der Waals surface area (Å²) in [6.45, 7) is -0.146. The minimum Gasteiger partial charge on any atom is -0.476 e. The number of thiazole rings is 1. The van der Waals surface area contributed by atoms with E-state index in [0.717, 1.165) is 28.3 Å². The molecule has 2 rings (SSSR count). The molecule has 0 saturated heterocycles. The van der Waals surface area contributed by atoms with Gasteiger partial charge in [0.2, 0.25) is 5.91 Å². The molecular weight excluding hydrogens is 337 g/mol. The second kappa shape index (κ2) is 6.77. The van der Waals surface area contributed by atoms with Gasteiger partial charge in [0.25, 0.3) is 0 Å². The van der Waals surface area contributed by atoms with Crippen molar-refractivity contribution < 1.29 is 27.9 Å². The molecule has 0 atom stereocenters. The Morgan fingerprint density at radius 2 is 2.13 bits per heavy atom. The number of nitrogens with one attached hydrogen (secondary N) is 1. The molecule has 23 heavy (non-hydrogen) atoms. The summed E-state index contributed by atoms with van der Waals surface area (Å²) in [5.74, 6) is -1.63. The number of carboxylic acids is 1. The van der Waals surface area contributed by atoms with Crippen molar-refractivity contribution in [2.24, 2.45) is 0 Å². The lowest BCUT2D eigenvalue weighted by Crippen LogP contribution is -2.29. The fourth-order valence-electron chi connectivity index (χ4n) is 1.64. The van der Waals surface area contributed by atoms with E-state index in [1.807, 2.05) is 0 Å². The predicted octanol–water partition coefficient (Wildman–Crippen LogP) is 1.42. The van der Waals surface area contributed by atoms with Gasteiger partial charge < -0.3 is 10.4 Å². The number of carbonyl (C=O) groups excluding carboxylic acids is 1. The van der Waals surface area contributed by atoms with E-state index in [1.165, 1.54) is 5.38 Å². The topological polar surface area (TPSA) is 97.1 Å². The van der Waals surface area contributed by atoms with Crippen LogP contribution in [0.15, 0.2) is 17.6 Å². The second-order valence-corrected chi connectivity index (χ2v) is 5.37. The Balaban J connectivity index is 1.78. The van der Waals surface area contributed by atoms with Gasteiger partial charge in [0, 0.05) is 24.5 Å². The minimum atomic E-state index is -4.55. The summed E-state index contributed by atoms with van der Waals surface area (Å²) >= 11 is 1.15. The van der Waals surface area contributed by atoms with E-state index >= 15 is 0 Å². The average molecular weight is 348 g/mol. The molecular formula is C12H11F3N4O3S. The van der Waals surface area contributed by atoms with Crippen LogP contribution >= 0.6 is 11.3 Å². The number of rotatable bonds is 6. The third-order valence-electron chi connectivity index (χ3n) is 2.67. The van der Waals surface area contributed by atoms with Crippen molar-refractivity contribution in [2.75, 3.05) is 6.54 Å². The van der Waals surface area contributed by atoms with Gasteiger partial charge in [-0.15, -0.1) is 11.3 Å². The first-order chi connectivity index (χ1) is 10.8. The summed E-state index contributed by atoms with van der Waals surface area (Å²) in [5, 5.41) is 16.4. The summed E-state index contributed by atoms with van der Waals surface area (Å²) in [6, 6.07) is 0.788. The number of hydrogen-bond donors (Lipinski definition) is 2. The van der Waals surface area contributed by atoms with Gasteiger partial charge >= 0.3 is 12.1 Å². The van der Waals surface area contributed by atoms with Crippen LogP contribution in [0.5, 0.6) is 0 Å². The molecule has 2 N–H and O–H groups in total. The number of nitrogens with zero attached hydrogens (tertiary/aromatic N) is 3.